The van der Waals surface area contributed by atoms with E-state index in [1.807, 2.05) is 24.3 Å². The van der Waals surface area contributed by atoms with Gasteiger partial charge in [-0.05, 0) is 140 Å². The predicted octanol–water partition coefficient (Wildman–Crippen LogP) is 8.96. The Labute approximate surface area is 365 Å². The van der Waals surface area contributed by atoms with E-state index in [1.165, 1.54) is 22.3 Å². The summed E-state index contributed by atoms with van der Waals surface area (Å²) in [6.07, 6.45) is 19.5. The third-order valence-corrected chi connectivity index (χ3v) is 14.8. The first-order valence-electron chi connectivity index (χ1n) is 23.1. The van der Waals surface area contributed by atoms with E-state index in [2.05, 4.69) is 64.8 Å². The maximum atomic E-state index is 11.9. The second kappa shape index (κ2) is 17.6. The van der Waals surface area contributed by atoms with Crippen molar-refractivity contribution >= 4 is 16.6 Å². The predicted molar refractivity (Wildman–Crippen MR) is 243 cm³/mol. The smallest absolute Gasteiger partial charge is 0.164 e. The Morgan fingerprint density at radius 3 is 2.65 bits per heavy atom. The summed E-state index contributed by atoms with van der Waals surface area (Å²) in [7, 11) is 0. The first-order valence-corrected chi connectivity index (χ1v) is 23.1. The standard InChI is InChI=1S/C53H61N3O6/c54-50-22-16-38-31-61-44(9-4-2-1-3-7-34-11-18-43(57)19-12-34)28-49(59)37-14-20-45-36(25-37)15-21-48(58)51(45)62-32-40-27-42(26-39-29-56(30-46(39)40)52(38)55-50)53-23-24-60-33-41(53)17-13-35-8-5-6-10-47(35)53/h5-6,8,10-12,15-16,18-19,21-22,26-27,29-30,37,41,44,49-50,55,57-59H,1-4,7,9,13-14,17,20,23-25,28,31-33,54H2. The molecule has 6 unspecified atom stereocenters. The molecule has 5 heterocycles. The molecule has 6 atom stereocenters. The van der Waals surface area contributed by atoms with Crippen molar-refractivity contribution in [3.63, 3.8) is 0 Å². The minimum absolute atomic E-state index is 0.0804. The van der Waals surface area contributed by atoms with Crippen LogP contribution in [0.2, 0.25) is 0 Å². The number of aromatic nitrogens is 1. The van der Waals surface area contributed by atoms with Crippen molar-refractivity contribution in [1.82, 2.24) is 9.88 Å². The minimum Gasteiger partial charge on any atom is -0.508 e. The fourth-order valence-corrected chi connectivity index (χ4v) is 11.4. The van der Waals surface area contributed by atoms with Gasteiger partial charge in [0.2, 0.25) is 0 Å². The van der Waals surface area contributed by atoms with Crippen LogP contribution in [0.1, 0.15) is 96.7 Å². The number of aliphatic hydroxyl groups is 1. The Morgan fingerprint density at radius 2 is 1.74 bits per heavy atom. The van der Waals surface area contributed by atoms with Crippen LogP contribution in [0.4, 0.5) is 0 Å². The van der Waals surface area contributed by atoms with Gasteiger partial charge in [0.25, 0.3) is 0 Å². The Morgan fingerprint density at radius 1 is 0.871 bits per heavy atom. The van der Waals surface area contributed by atoms with Crippen LogP contribution in [0.3, 0.4) is 0 Å². The second-order valence-corrected chi connectivity index (χ2v) is 18.6. The van der Waals surface area contributed by atoms with Crippen molar-refractivity contribution in [3.05, 3.63) is 142 Å². The highest BCUT2D eigenvalue weighted by Crippen LogP contribution is 2.52. The number of aromatic hydroxyl groups is 2. The van der Waals surface area contributed by atoms with E-state index in [9.17, 15) is 15.3 Å². The van der Waals surface area contributed by atoms with Gasteiger partial charge in [-0.25, -0.2) is 0 Å². The third kappa shape index (κ3) is 8.05. The SMILES string of the molecule is NC1C=CC2=C(N1)n1cc3cc(C45CCOCC4CCc4ccccc45)cc(c3c1)COc1c(O)ccc3c1CCC(C3)C(O)CC(CCCCCCc1ccc(O)cc1)OC2. The van der Waals surface area contributed by atoms with Gasteiger partial charge >= 0.3 is 0 Å². The molecule has 9 nitrogen and oxygen atoms in total. The molecule has 0 saturated carbocycles. The monoisotopic (exact) mass is 835 g/mol. The highest BCUT2D eigenvalue weighted by atomic mass is 16.5. The zero-order chi connectivity index (χ0) is 42.2. The van der Waals surface area contributed by atoms with E-state index in [0.717, 1.165) is 123 Å². The van der Waals surface area contributed by atoms with Gasteiger partial charge in [0.15, 0.2) is 11.5 Å². The average molecular weight is 836 g/mol. The molecule has 6 aliphatic rings. The van der Waals surface area contributed by atoms with E-state index in [0.29, 0.717) is 43.7 Å². The number of aliphatic hydroxyl groups excluding tert-OH is 1. The summed E-state index contributed by atoms with van der Waals surface area (Å²) < 4.78 is 22.0. The van der Waals surface area contributed by atoms with Gasteiger partial charge in [-0.1, -0.05) is 73.9 Å². The average Bonchev–Trinajstić information content (AvgIpc) is 3.74. The number of nitrogens with one attached hydrogen (secondary N) is 1. The topological polar surface area (TPSA) is 131 Å². The second-order valence-electron chi connectivity index (χ2n) is 18.6. The number of ether oxygens (including phenoxy) is 3. The van der Waals surface area contributed by atoms with E-state index < -0.39 is 6.10 Å². The molecule has 1 saturated heterocycles. The lowest BCUT2D eigenvalue weighted by atomic mass is 9.57. The Bertz CT molecular complexity index is 2470. The molecule has 9 heteroatoms. The van der Waals surface area contributed by atoms with E-state index in [-0.39, 0.29) is 29.4 Å². The van der Waals surface area contributed by atoms with Crippen LogP contribution < -0.4 is 15.8 Å². The number of benzene rings is 4. The maximum Gasteiger partial charge on any atom is 0.164 e. The lowest BCUT2D eigenvalue weighted by Gasteiger charge is -2.49. The summed E-state index contributed by atoms with van der Waals surface area (Å²) in [6.45, 7) is 2.13. The molecule has 6 bridgehead atoms. The van der Waals surface area contributed by atoms with E-state index in [4.69, 9.17) is 19.9 Å². The summed E-state index contributed by atoms with van der Waals surface area (Å²) in [5.41, 5.74) is 16.0. The molecule has 0 radical (unpaired) electrons. The van der Waals surface area contributed by atoms with Crippen LogP contribution in [-0.4, -0.2) is 58.1 Å². The van der Waals surface area contributed by atoms with Gasteiger partial charge in [0.1, 0.15) is 18.2 Å². The van der Waals surface area contributed by atoms with Gasteiger partial charge in [0, 0.05) is 46.3 Å². The minimum atomic E-state index is -0.525. The number of phenolic OH excluding ortho intramolecular Hbond substituents is 2. The van der Waals surface area contributed by atoms with Crippen molar-refractivity contribution < 1.29 is 29.5 Å². The number of nitrogens with zero attached hydrogens (tertiary/aromatic N) is 1. The number of unbranched alkanes of at least 4 members (excludes halogenated alkanes) is 3. The molecule has 1 aromatic heterocycles. The molecule has 2 aliphatic carbocycles. The largest absolute Gasteiger partial charge is 0.508 e. The van der Waals surface area contributed by atoms with Gasteiger partial charge in [-0.2, -0.15) is 0 Å². The van der Waals surface area contributed by atoms with Crippen molar-refractivity contribution in [2.45, 2.75) is 114 Å². The first kappa shape index (κ1) is 41.0. The summed E-state index contributed by atoms with van der Waals surface area (Å²) in [4.78, 5) is 0. The number of phenols is 2. The van der Waals surface area contributed by atoms with Gasteiger partial charge in [-0.3, -0.25) is 0 Å². The molecule has 1 fully saturated rings. The summed E-state index contributed by atoms with van der Waals surface area (Å²) in [6, 6.07) is 25.1. The molecule has 5 aromatic rings. The number of hydrogen-bond donors (Lipinski definition) is 5. The van der Waals surface area contributed by atoms with E-state index >= 15 is 0 Å². The molecular weight excluding hydrogens is 775 g/mol. The summed E-state index contributed by atoms with van der Waals surface area (Å²) in [5, 5.41) is 38.7. The Balaban J connectivity index is 1.01. The van der Waals surface area contributed by atoms with Crippen molar-refractivity contribution in [2.24, 2.45) is 17.6 Å². The summed E-state index contributed by atoms with van der Waals surface area (Å²) >= 11 is 0. The van der Waals surface area contributed by atoms with Crippen LogP contribution in [0.25, 0.3) is 16.6 Å². The first-order chi connectivity index (χ1) is 30.3. The number of aryl methyl sites for hydroxylation is 2. The highest BCUT2D eigenvalue weighted by Gasteiger charge is 2.47. The normalized spacial score (nSPS) is 25.9. The Kier molecular flexibility index (Phi) is 11.6. The molecule has 11 rings (SSSR count). The lowest BCUT2D eigenvalue weighted by molar-refractivity contribution is -0.00196. The fourth-order valence-electron chi connectivity index (χ4n) is 11.4. The van der Waals surface area contributed by atoms with E-state index in [1.54, 1.807) is 18.2 Å². The van der Waals surface area contributed by atoms with Crippen LogP contribution >= 0.6 is 0 Å². The van der Waals surface area contributed by atoms with Crippen molar-refractivity contribution in [1.29, 1.82) is 0 Å². The lowest BCUT2D eigenvalue weighted by Crippen LogP contribution is -2.47. The molecule has 324 valence electrons. The van der Waals surface area contributed by atoms with Gasteiger partial charge in [0.05, 0.1) is 31.6 Å². The number of dihydropyridines is 1. The zero-order valence-electron chi connectivity index (χ0n) is 35.7. The van der Waals surface area contributed by atoms with Crippen LogP contribution in [0.5, 0.6) is 17.2 Å². The van der Waals surface area contributed by atoms with Crippen LogP contribution in [0, 0.1) is 11.8 Å². The molecule has 0 spiro atoms. The van der Waals surface area contributed by atoms with Crippen LogP contribution in [-0.2, 0) is 47.2 Å². The molecule has 62 heavy (non-hydrogen) atoms. The Hall–Kier alpha value is -5.06. The zero-order valence-corrected chi connectivity index (χ0v) is 35.7. The molecule has 4 aromatic carbocycles. The molecule has 4 aliphatic heterocycles. The molecule has 6 N–H and O–H groups in total. The fraction of sp³-hybridized carbons (Fsp3) is 0.434. The number of rotatable bonds is 8. The van der Waals surface area contributed by atoms with Gasteiger partial charge in [-0.15, -0.1) is 0 Å². The van der Waals surface area contributed by atoms with Gasteiger partial charge < -0.3 is 45.1 Å². The summed E-state index contributed by atoms with van der Waals surface area (Å²) in [5.74, 6) is 2.34. The van der Waals surface area contributed by atoms with Crippen molar-refractivity contribution in [3.8, 4) is 17.2 Å². The highest BCUT2D eigenvalue weighted by molar-refractivity contribution is 5.88. The van der Waals surface area contributed by atoms with Crippen LogP contribution in [0.15, 0.2) is 103 Å². The maximum absolute atomic E-state index is 11.9. The molecular formula is C53H61N3O6. The number of hydrogen-bond acceptors (Lipinski definition) is 8. The number of nitrogens with two attached hydrogens (primary N) is 1. The number of fused-ring (bicyclic) bond motifs is 9. The van der Waals surface area contributed by atoms with Crippen molar-refractivity contribution in [2.75, 3.05) is 19.8 Å². The third-order valence-electron chi connectivity index (χ3n) is 14.8. The molecule has 0 amide bonds. The quantitative estimate of drug-likeness (QED) is 0.0980.